The number of thiophene rings is 1. The molecule has 0 saturated heterocycles. The average Bonchev–Trinajstić information content (AvgIpc) is 3.02. The molecule has 3 rings (SSSR count). The number of hydrogen-bond donors (Lipinski definition) is 1. The molecule has 1 aliphatic rings. The lowest BCUT2D eigenvalue weighted by Crippen LogP contribution is -2.13. The minimum atomic E-state index is -0.475. The number of nitrogens with zero attached hydrogens (tertiary/aromatic N) is 2. The fourth-order valence-corrected chi connectivity index (χ4v) is 4.57. The Labute approximate surface area is 170 Å². The van der Waals surface area contributed by atoms with E-state index in [-0.39, 0.29) is 11.0 Å². The van der Waals surface area contributed by atoms with E-state index < -0.39 is 5.91 Å². The molecule has 5 heteroatoms. The van der Waals surface area contributed by atoms with Crippen molar-refractivity contribution in [2.75, 3.05) is 5.32 Å². The summed E-state index contributed by atoms with van der Waals surface area (Å²) in [4.78, 5) is 13.8. The minimum Gasteiger partial charge on any atom is -0.312 e. The summed E-state index contributed by atoms with van der Waals surface area (Å²) in [6.45, 7) is 6.41. The second-order valence-electron chi connectivity index (χ2n) is 8.02. The lowest BCUT2D eigenvalue weighted by molar-refractivity contribution is -0.112. The van der Waals surface area contributed by atoms with Crippen molar-refractivity contribution < 1.29 is 4.79 Å². The number of benzene rings is 1. The Morgan fingerprint density at radius 3 is 2.43 bits per heavy atom. The molecule has 1 N–H and O–H groups in total. The first-order valence-electron chi connectivity index (χ1n) is 9.42. The number of rotatable bonds is 3. The van der Waals surface area contributed by atoms with Gasteiger partial charge < -0.3 is 5.32 Å². The lowest BCUT2D eigenvalue weighted by atomic mass is 9.86. The van der Waals surface area contributed by atoms with Gasteiger partial charge in [0, 0.05) is 4.88 Å². The van der Waals surface area contributed by atoms with E-state index >= 15 is 0 Å². The van der Waals surface area contributed by atoms with Gasteiger partial charge in [0.15, 0.2) is 0 Å². The largest absolute Gasteiger partial charge is 0.312 e. The number of nitriles is 2. The summed E-state index contributed by atoms with van der Waals surface area (Å²) in [6, 6.07) is 12.1. The molecule has 0 aliphatic heterocycles. The number of nitrogens with one attached hydrogen (secondary N) is 1. The zero-order valence-corrected chi connectivity index (χ0v) is 17.2. The standard InChI is InChI=1S/C23H23N3OS/c1-23(2,3)17-10-8-15(9-11-17)12-16(13-24)21(27)26-22-19(14-25)18-6-4-5-7-20(18)28-22/h8-12H,4-7H2,1-3H3,(H,26,27)/b16-12+. The van der Waals surface area contributed by atoms with Gasteiger partial charge in [-0.25, -0.2) is 0 Å². The number of hydrogen-bond acceptors (Lipinski definition) is 4. The Hall–Kier alpha value is -2.89. The van der Waals surface area contributed by atoms with Crippen LogP contribution in [0.1, 0.15) is 60.7 Å². The van der Waals surface area contributed by atoms with Crippen LogP contribution in [-0.4, -0.2) is 5.91 Å². The molecule has 0 spiro atoms. The highest BCUT2D eigenvalue weighted by Crippen LogP contribution is 2.37. The van der Waals surface area contributed by atoms with Crippen LogP contribution in [0.5, 0.6) is 0 Å². The summed E-state index contributed by atoms with van der Waals surface area (Å²) in [5.74, 6) is -0.475. The van der Waals surface area contributed by atoms with Gasteiger partial charge in [0.2, 0.25) is 0 Å². The van der Waals surface area contributed by atoms with Crippen LogP contribution in [0.2, 0.25) is 0 Å². The topological polar surface area (TPSA) is 76.7 Å². The number of amides is 1. The zero-order chi connectivity index (χ0) is 20.3. The molecule has 2 aromatic rings. The molecule has 4 nitrogen and oxygen atoms in total. The SMILES string of the molecule is CC(C)(C)c1ccc(/C=C(\C#N)C(=O)Nc2sc3c(c2C#N)CCCC3)cc1. The predicted octanol–water partition coefficient (Wildman–Crippen LogP) is 5.34. The highest BCUT2D eigenvalue weighted by atomic mass is 32.1. The third-order valence-corrected chi connectivity index (χ3v) is 6.17. The average molecular weight is 390 g/mol. The monoisotopic (exact) mass is 389 g/mol. The molecule has 0 bridgehead atoms. The Morgan fingerprint density at radius 2 is 1.82 bits per heavy atom. The smallest absolute Gasteiger partial charge is 0.266 e. The molecule has 142 valence electrons. The number of carbonyl (C=O) groups excluding carboxylic acids is 1. The Kier molecular flexibility index (Phi) is 5.68. The second-order valence-corrected chi connectivity index (χ2v) is 9.13. The fraction of sp³-hybridized carbons (Fsp3) is 0.348. The zero-order valence-electron chi connectivity index (χ0n) is 16.4. The van der Waals surface area contributed by atoms with Crippen molar-refractivity contribution in [1.82, 2.24) is 0 Å². The molecular weight excluding hydrogens is 366 g/mol. The molecule has 0 unspecified atom stereocenters. The van der Waals surface area contributed by atoms with Crippen molar-refractivity contribution in [1.29, 1.82) is 10.5 Å². The summed E-state index contributed by atoms with van der Waals surface area (Å²) in [5.41, 5.74) is 3.68. The first-order chi connectivity index (χ1) is 13.3. The molecule has 1 aromatic carbocycles. The van der Waals surface area contributed by atoms with Gasteiger partial charge in [-0.15, -0.1) is 11.3 Å². The van der Waals surface area contributed by atoms with Crippen LogP contribution in [0, 0.1) is 22.7 Å². The number of anilines is 1. The second kappa shape index (κ2) is 8.00. The van der Waals surface area contributed by atoms with Gasteiger partial charge in [-0.05, 0) is 53.9 Å². The normalized spacial score (nSPS) is 14.0. The third kappa shape index (κ3) is 4.16. The van der Waals surface area contributed by atoms with Crippen molar-refractivity contribution >= 4 is 28.3 Å². The van der Waals surface area contributed by atoms with E-state index in [1.165, 1.54) is 21.8 Å². The van der Waals surface area contributed by atoms with Gasteiger partial charge in [0.05, 0.1) is 5.56 Å². The van der Waals surface area contributed by atoms with E-state index in [0.717, 1.165) is 36.8 Å². The maximum Gasteiger partial charge on any atom is 0.266 e. The van der Waals surface area contributed by atoms with Crippen LogP contribution in [0.3, 0.4) is 0 Å². The summed E-state index contributed by atoms with van der Waals surface area (Å²) in [5, 5.41) is 22.3. The van der Waals surface area contributed by atoms with Gasteiger partial charge in [-0.2, -0.15) is 10.5 Å². The number of aryl methyl sites for hydroxylation is 1. The molecule has 28 heavy (non-hydrogen) atoms. The van der Waals surface area contributed by atoms with Crippen LogP contribution in [-0.2, 0) is 23.1 Å². The maximum atomic E-state index is 12.7. The van der Waals surface area contributed by atoms with E-state index in [4.69, 9.17) is 0 Å². The molecule has 1 heterocycles. The van der Waals surface area contributed by atoms with Gasteiger partial charge in [-0.1, -0.05) is 45.0 Å². The fourth-order valence-electron chi connectivity index (χ4n) is 3.34. The quantitative estimate of drug-likeness (QED) is 0.568. The van der Waals surface area contributed by atoms with E-state index in [1.54, 1.807) is 6.08 Å². The van der Waals surface area contributed by atoms with Crippen molar-refractivity contribution in [2.45, 2.75) is 51.9 Å². The van der Waals surface area contributed by atoms with Crippen molar-refractivity contribution in [3.8, 4) is 12.1 Å². The Morgan fingerprint density at radius 1 is 1.14 bits per heavy atom. The van der Waals surface area contributed by atoms with Crippen molar-refractivity contribution in [3.63, 3.8) is 0 Å². The van der Waals surface area contributed by atoms with Crippen molar-refractivity contribution in [3.05, 3.63) is 57.0 Å². The van der Waals surface area contributed by atoms with E-state index in [0.29, 0.717) is 10.6 Å². The van der Waals surface area contributed by atoms with E-state index in [1.807, 2.05) is 30.3 Å². The van der Waals surface area contributed by atoms with Crippen LogP contribution < -0.4 is 5.32 Å². The van der Waals surface area contributed by atoms with E-state index in [9.17, 15) is 15.3 Å². The van der Waals surface area contributed by atoms with Crippen LogP contribution in [0.15, 0.2) is 29.8 Å². The van der Waals surface area contributed by atoms with Crippen LogP contribution in [0.4, 0.5) is 5.00 Å². The van der Waals surface area contributed by atoms with Gasteiger partial charge in [0.1, 0.15) is 22.7 Å². The first kappa shape index (κ1) is 19.9. The lowest BCUT2D eigenvalue weighted by Gasteiger charge is -2.18. The van der Waals surface area contributed by atoms with Crippen LogP contribution in [0.25, 0.3) is 6.08 Å². The van der Waals surface area contributed by atoms with Crippen LogP contribution >= 0.6 is 11.3 Å². The summed E-state index contributed by atoms with van der Waals surface area (Å²) >= 11 is 1.46. The molecule has 1 aliphatic carbocycles. The third-order valence-electron chi connectivity index (χ3n) is 4.96. The summed E-state index contributed by atoms with van der Waals surface area (Å²) < 4.78 is 0. The highest BCUT2D eigenvalue weighted by molar-refractivity contribution is 7.16. The maximum absolute atomic E-state index is 12.7. The molecule has 1 amide bonds. The first-order valence-corrected chi connectivity index (χ1v) is 10.2. The van der Waals surface area contributed by atoms with E-state index in [2.05, 4.69) is 32.2 Å². The molecule has 1 aromatic heterocycles. The predicted molar refractivity (Wildman–Crippen MR) is 113 cm³/mol. The van der Waals surface area contributed by atoms with Gasteiger partial charge in [-0.3, -0.25) is 4.79 Å². The summed E-state index contributed by atoms with van der Waals surface area (Å²) in [6.07, 6.45) is 5.60. The summed E-state index contributed by atoms with van der Waals surface area (Å²) in [7, 11) is 0. The number of carbonyl (C=O) groups is 1. The molecule has 0 radical (unpaired) electrons. The minimum absolute atomic E-state index is 0.0266. The molecular formula is C23H23N3OS. The van der Waals surface area contributed by atoms with Gasteiger partial charge in [0.25, 0.3) is 5.91 Å². The Balaban J connectivity index is 1.83. The number of fused-ring (bicyclic) bond motifs is 1. The Bertz CT molecular complexity index is 1010. The highest BCUT2D eigenvalue weighted by Gasteiger charge is 2.22. The van der Waals surface area contributed by atoms with Gasteiger partial charge >= 0.3 is 0 Å². The molecule has 0 fully saturated rings. The molecule has 0 atom stereocenters. The molecule has 0 saturated carbocycles. The van der Waals surface area contributed by atoms with Crippen molar-refractivity contribution in [2.24, 2.45) is 0 Å².